The number of carbonyl (C=O) groups excluding carboxylic acids is 1. The van der Waals surface area contributed by atoms with Gasteiger partial charge in [-0.05, 0) is 56.3 Å². The fourth-order valence-electron chi connectivity index (χ4n) is 4.89. The van der Waals surface area contributed by atoms with Crippen molar-refractivity contribution < 1.29 is 14.3 Å². The van der Waals surface area contributed by atoms with Crippen molar-refractivity contribution in [2.75, 3.05) is 48.3 Å². The summed E-state index contributed by atoms with van der Waals surface area (Å²) in [6, 6.07) is 13.4. The van der Waals surface area contributed by atoms with Crippen LogP contribution in [0, 0.1) is 5.82 Å². The van der Waals surface area contributed by atoms with Crippen LogP contribution in [0.2, 0.25) is 0 Å². The maximum Gasteiger partial charge on any atom is 0.247 e. The zero-order valence-corrected chi connectivity index (χ0v) is 23.0. The molecular weight excluding hydrogens is 525 g/mol. The first kappa shape index (κ1) is 27.9. The van der Waals surface area contributed by atoms with E-state index >= 15 is 4.39 Å². The van der Waals surface area contributed by atoms with Crippen molar-refractivity contribution in [1.82, 2.24) is 19.4 Å². The Hall–Kier alpha value is -4.61. The summed E-state index contributed by atoms with van der Waals surface area (Å²) < 4.78 is 16.9. The predicted octanol–water partition coefficient (Wildman–Crippen LogP) is 3.68. The molecule has 5 rings (SSSR count). The summed E-state index contributed by atoms with van der Waals surface area (Å²) in [4.78, 5) is 37.3. The number of nitrogens with one attached hydrogen (secondary N) is 2. The van der Waals surface area contributed by atoms with Gasteiger partial charge in [0.2, 0.25) is 11.9 Å². The largest absolute Gasteiger partial charge is 0.389 e. The molecule has 0 aliphatic carbocycles. The summed E-state index contributed by atoms with van der Waals surface area (Å²) in [5, 5.41) is 16.1. The second kappa shape index (κ2) is 11.5. The molecule has 4 aromatic rings. The number of carbonyl (C=O) groups is 1. The van der Waals surface area contributed by atoms with E-state index < -0.39 is 5.60 Å². The van der Waals surface area contributed by atoms with Gasteiger partial charge in [-0.25, -0.2) is 9.37 Å². The topological polar surface area (TPSA) is 116 Å². The van der Waals surface area contributed by atoms with Gasteiger partial charge in [-0.1, -0.05) is 12.6 Å². The lowest BCUT2D eigenvalue weighted by atomic mass is 10.1. The molecule has 1 aliphatic heterocycles. The van der Waals surface area contributed by atoms with Crippen LogP contribution in [0.15, 0.2) is 78.4 Å². The van der Waals surface area contributed by atoms with Crippen molar-refractivity contribution in [2.45, 2.75) is 19.4 Å². The van der Waals surface area contributed by atoms with Crippen LogP contribution in [0.5, 0.6) is 0 Å². The highest BCUT2D eigenvalue weighted by Gasteiger charge is 2.24. The van der Waals surface area contributed by atoms with Crippen LogP contribution < -0.4 is 21.0 Å². The number of benzene rings is 2. The third-order valence-electron chi connectivity index (χ3n) is 6.74. The lowest BCUT2D eigenvalue weighted by Crippen LogP contribution is -2.50. The number of hydrogen-bond donors (Lipinski definition) is 3. The molecule has 1 saturated heterocycles. The van der Waals surface area contributed by atoms with Crippen LogP contribution in [0.3, 0.4) is 0 Å². The second-order valence-electron chi connectivity index (χ2n) is 10.6. The van der Waals surface area contributed by atoms with Gasteiger partial charge in [-0.15, -0.1) is 0 Å². The molecule has 1 aliphatic rings. The molecule has 2 aromatic carbocycles. The highest BCUT2D eigenvalue weighted by Crippen LogP contribution is 2.26. The summed E-state index contributed by atoms with van der Waals surface area (Å²) in [7, 11) is 0. The molecule has 0 bridgehead atoms. The lowest BCUT2D eigenvalue weighted by molar-refractivity contribution is -0.111. The Morgan fingerprint density at radius 1 is 1.12 bits per heavy atom. The van der Waals surface area contributed by atoms with E-state index in [2.05, 4.69) is 32.1 Å². The van der Waals surface area contributed by atoms with Gasteiger partial charge in [0.05, 0.1) is 16.7 Å². The summed E-state index contributed by atoms with van der Waals surface area (Å²) in [6.07, 6.45) is 4.22. The Balaban J connectivity index is 1.37. The predicted molar refractivity (Wildman–Crippen MR) is 159 cm³/mol. The van der Waals surface area contributed by atoms with Gasteiger partial charge >= 0.3 is 0 Å². The molecule has 0 saturated carbocycles. The van der Waals surface area contributed by atoms with Gasteiger partial charge in [0, 0.05) is 68.2 Å². The van der Waals surface area contributed by atoms with E-state index in [-0.39, 0.29) is 23.1 Å². The van der Waals surface area contributed by atoms with E-state index in [0.29, 0.717) is 53.4 Å². The Morgan fingerprint density at radius 3 is 2.61 bits per heavy atom. The van der Waals surface area contributed by atoms with Gasteiger partial charge < -0.3 is 25.2 Å². The Bertz CT molecular complexity index is 1660. The normalized spacial score (nSPS) is 14.2. The van der Waals surface area contributed by atoms with E-state index in [9.17, 15) is 14.7 Å². The van der Waals surface area contributed by atoms with Crippen LogP contribution in [0.1, 0.15) is 13.8 Å². The molecule has 212 valence electrons. The first-order valence-corrected chi connectivity index (χ1v) is 13.3. The van der Waals surface area contributed by atoms with Crippen molar-refractivity contribution in [3.63, 3.8) is 0 Å². The van der Waals surface area contributed by atoms with Crippen molar-refractivity contribution >= 4 is 40.0 Å². The van der Waals surface area contributed by atoms with E-state index in [0.717, 1.165) is 13.1 Å². The summed E-state index contributed by atoms with van der Waals surface area (Å²) in [6.45, 7) is 10.4. The van der Waals surface area contributed by atoms with Crippen LogP contribution in [0.25, 0.3) is 16.7 Å². The zero-order chi connectivity index (χ0) is 29.1. The highest BCUT2D eigenvalue weighted by molar-refractivity contribution is 5.99. The number of anilines is 4. The number of amides is 1. The fraction of sp³-hybridized carbons (Fsp3) is 0.267. The molecule has 2 aromatic heterocycles. The molecule has 10 nitrogen and oxygen atoms in total. The third-order valence-corrected chi connectivity index (χ3v) is 6.74. The number of aliphatic hydroxyl groups is 1. The monoisotopic (exact) mass is 557 g/mol. The molecule has 3 N–H and O–H groups in total. The Kier molecular flexibility index (Phi) is 7.82. The third kappa shape index (κ3) is 6.59. The van der Waals surface area contributed by atoms with Gasteiger partial charge in [0.25, 0.3) is 0 Å². The number of rotatable bonds is 8. The first-order chi connectivity index (χ1) is 19.6. The number of pyridine rings is 1. The zero-order valence-electron chi connectivity index (χ0n) is 23.0. The maximum absolute atomic E-state index is 15.2. The van der Waals surface area contributed by atoms with Crippen LogP contribution in [-0.4, -0.2) is 68.8 Å². The maximum atomic E-state index is 15.2. The van der Waals surface area contributed by atoms with Crippen molar-refractivity contribution in [1.29, 1.82) is 0 Å². The molecule has 0 unspecified atom stereocenters. The quantitative estimate of drug-likeness (QED) is 0.281. The minimum Gasteiger partial charge on any atom is -0.389 e. The number of β-amino-alcohol motifs (C(OH)–C–C–N with tert-alkyl or cyclic N) is 1. The van der Waals surface area contributed by atoms with E-state index in [1.54, 1.807) is 54.9 Å². The SMILES string of the molecule is C=CC(=O)Nc1cccc(-n2ccc(=O)c3cnc(Nc4ccc(N5CCN(CC(C)(C)O)CC5)c(F)c4)nc32)c1. The summed E-state index contributed by atoms with van der Waals surface area (Å²) >= 11 is 0. The number of fused-ring (bicyclic) bond motifs is 1. The minimum absolute atomic E-state index is 0.195. The molecule has 11 heteroatoms. The number of aromatic nitrogens is 3. The van der Waals surface area contributed by atoms with Gasteiger partial charge in [0.1, 0.15) is 5.82 Å². The van der Waals surface area contributed by atoms with Crippen molar-refractivity contribution in [3.8, 4) is 5.69 Å². The number of piperazine rings is 1. The Morgan fingerprint density at radius 2 is 1.90 bits per heavy atom. The molecule has 1 amide bonds. The molecule has 1 fully saturated rings. The van der Waals surface area contributed by atoms with Crippen LogP contribution in [-0.2, 0) is 4.79 Å². The summed E-state index contributed by atoms with van der Waals surface area (Å²) in [5.74, 6) is -0.519. The average Bonchev–Trinajstić information content (AvgIpc) is 2.93. The number of nitrogens with zero attached hydrogens (tertiary/aromatic N) is 5. The number of halogens is 1. The van der Waals surface area contributed by atoms with Gasteiger partial charge in [-0.2, -0.15) is 4.98 Å². The van der Waals surface area contributed by atoms with E-state index in [1.165, 1.54) is 24.4 Å². The standard InChI is InChI=1S/C30H32FN7O3/c1-4-27(40)33-20-6-5-7-22(16-20)38-11-10-26(39)23-18-32-29(35-28(23)38)34-21-8-9-25(24(31)17-21)37-14-12-36(13-15-37)19-30(2,3)41/h4-11,16-18,41H,1,12-15,19H2,2-3H3,(H,33,40)(H,32,34,35). The van der Waals surface area contributed by atoms with Crippen molar-refractivity contribution in [3.05, 3.63) is 89.6 Å². The molecule has 3 heterocycles. The van der Waals surface area contributed by atoms with E-state index in [4.69, 9.17) is 0 Å². The number of hydrogen-bond acceptors (Lipinski definition) is 8. The van der Waals surface area contributed by atoms with Gasteiger partial charge in [-0.3, -0.25) is 14.5 Å². The second-order valence-corrected chi connectivity index (χ2v) is 10.6. The molecule has 0 spiro atoms. The molecule has 0 atom stereocenters. The smallest absolute Gasteiger partial charge is 0.247 e. The lowest BCUT2D eigenvalue weighted by Gasteiger charge is -2.38. The molecule has 41 heavy (non-hydrogen) atoms. The van der Waals surface area contributed by atoms with Crippen LogP contribution >= 0.6 is 0 Å². The van der Waals surface area contributed by atoms with E-state index in [1.807, 2.05) is 11.0 Å². The average molecular weight is 558 g/mol. The summed E-state index contributed by atoms with van der Waals surface area (Å²) in [5.41, 5.74) is 1.54. The molecular formula is C30H32FN7O3. The van der Waals surface area contributed by atoms with Gasteiger partial charge in [0.15, 0.2) is 11.1 Å². The first-order valence-electron chi connectivity index (χ1n) is 13.3. The van der Waals surface area contributed by atoms with Crippen molar-refractivity contribution in [2.24, 2.45) is 0 Å². The Labute approximate surface area is 236 Å². The minimum atomic E-state index is -0.771. The molecule has 0 radical (unpaired) electrons. The van der Waals surface area contributed by atoms with Crippen LogP contribution in [0.4, 0.5) is 27.4 Å². The fourth-order valence-corrected chi connectivity index (χ4v) is 4.89. The highest BCUT2D eigenvalue weighted by atomic mass is 19.1.